The zero-order valence-electron chi connectivity index (χ0n) is 10.8. The zero-order valence-corrected chi connectivity index (χ0v) is 10.8. The van der Waals surface area contributed by atoms with E-state index in [0.29, 0.717) is 12.4 Å². The zero-order chi connectivity index (χ0) is 13.7. The number of aromatic carboxylic acids is 1. The summed E-state index contributed by atoms with van der Waals surface area (Å²) in [5.41, 5.74) is -0.330. The molecule has 1 aromatic carbocycles. The first-order chi connectivity index (χ1) is 9.16. The Morgan fingerprint density at radius 3 is 2.68 bits per heavy atom. The molecule has 2 rings (SSSR count). The van der Waals surface area contributed by atoms with Gasteiger partial charge in [-0.2, -0.15) is 0 Å². The van der Waals surface area contributed by atoms with E-state index < -0.39 is 11.8 Å². The molecule has 0 aromatic heterocycles. The van der Waals surface area contributed by atoms with Crippen LogP contribution in [-0.2, 0) is 0 Å². The van der Waals surface area contributed by atoms with Crippen LogP contribution in [0.25, 0.3) is 0 Å². The fraction of sp³-hybridized carbons (Fsp3) is 0.500. The van der Waals surface area contributed by atoms with Gasteiger partial charge in [-0.3, -0.25) is 4.90 Å². The van der Waals surface area contributed by atoms with Gasteiger partial charge in [0.1, 0.15) is 18.2 Å². The van der Waals surface area contributed by atoms with Crippen LogP contribution in [-0.4, -0.2) is 42.2 Å². The summed E-state index contributed by atoms with van der Waals surface area (Å²) in [5, 5.41) is 8.72. The Labute approximate surface area is 111 Å². The highest BCUT2D eigenvalue weighted by Crippen LogP contribution is 2.17. The predicted molar refractivity (Wildman–Crippen MR) is 69.1 cm³/mol. The molecule has 0 saturated carbocycles. The first-order valence-electron chi connectivity index (χ1n) is 6.55. The van der Waals surface area contributed by atoms with E-state index in [1.807, 2.05) is 0 Å². The fourth-order valence-electron chi connectivity index (χ4n) is 2.23. The number of carboxylic acid groups (broad SMARTS) is 1. The summed E-state index contributed by atoms with van der Waals surface area (Å²) in [6.45, 7) is 3.50. The van der Waals surface area contributed by atoms with Crippen molar-refractivity contribution in [2.24, 2.45) is 0 Å². The smallest absolute Gasteiger partial charge is 0.338 e. The molecule has 1 aliphatic rings. The minimum Gasteiger partial charge on any atom is -0.492 e. The molecule has 0 radical (unpaired) electrons. The molecule has 1 heterocycles. The van der Waals surface area contributed by atoms with Gasteiger partial charge >= 0.3 is 5.97 Å². The Bertz CT molecular complexity index is 444. The molecule has 1 fully saturated rings. The van der Waals surface area contributed by atoms with Crippen LogP contribution in [0, 0.1) is 5.82 Å². The second-order valence-electron chi connectivity index (χ2n) is 4.70. The molecule has 1 saturated heterocycles. The summed E-state index contributed by atoms with van der Waals surface area (Å²) in [4.78, 5) is 13.0. The lowest BCUT2D eigenvalue weighted by molar-refractivity contribution is 0.0692. The van der Waals surface area contributed by atoms with Crippen molar-refractivity contribution in [3.05, 3.63) is 29.6 Å². The van der Waals surface area contributed by atoms with E-state index in [1.54, 1.807) is 0 Å². The van der Waals surface area contributed by atoms with Crippen LogP contribution >= 0.6 is 0 Å². The number of benzene rings is 1. The van der Waals surface area contributed by atoms with Crippen LogP contribution < -0.4 is 4.74 Å². The molecule has 0 unspecified atom stereocenters. The van der Waals surface area contributed by atoms with Gasteiger partial charge in [0.15, 0.2) is 0 Å². The number of carbonyl (C=O) groups is 1. The van der Waals surface area contributed by atoms with E-state index in [4.69, 9.17) is 9.84 Å². The first kappa shape index (κ1) is 13.8. The second-order valence-corrected chi connectivity index (χ2v) is 4.70. The highest BCUT2D eigenvalue weighted by atomic mass is 19.1. The number of piperidine rings is 1. The van der Waals surface area contributed by atoms with Gasteiger partial charge in [-0.15, -0.1) is 0 Å². The Morgan fingerprint density at radius 1 is 1.32 bits per heavy atom. The maximum absolute atomic E-state index is 13.4. The predicted octanol–water partition coefficient (Wildman–Crippen LogP) is 2.39. The maximum Gasteiger partial charge on any atom is 0.338 e. The Balaban J connectivity index is 1.82. The SMILES string of the molecule is O=C(O)c1ccc(OCCN2CCCCC2)cc1F. The molecule has 5 heteroatoms. The number of hydrogen-bond donors (Lipinski definition) is 1. The van der Waals surface area contributed by atoms with Gasteiger partial charge < -0.3 is 9.84 Å². The van der Waals surface area contributed by atoms with E-state index in [0.717, 1.165) is 25.7 Å². The number of rotatable bonds is 5. The normalized spacial score (nSPS) is 16.3. The number of likely N-dealkylation sites (tertiary alicyclic amines) is 1. The second kappa shape index (κ2) is 6.52. The van der Waals surface area contributed by atoms with Crippen LogP contribution in [0.1, 0.15) is 29.6 Å². The third-order valence-corrected chi connectivity index (χ3v) is 3.30. The fourth-order valence-corrected chi connectivity index (χ4v) is 2.23. The van der Waals surface area contributed by atoms with E-state index in [1.165, 1.54) is 31.4 Å². The van der Waals surface area contributed by atoms with Crippen LogP contribution in [0.15, 0.2) is 18.2 Å². The third-order valence-electron chi connectivity index (χ3n) is 3.30. The van der Waals surface area contributed by atoms with Gasteiger partial charge in [-0.25, -0.2) is 9.18 Å². The van der Waals surface area contributed by atoms with Gasteiger partial charge in [0.05, 0.1) is 5.56 Å². The summed E-state index contributed by atoms with van der Waals surface area (Å²) < 4.78 is 18.9. The van der Waals surface area contributed by atoms with Crippen LogP contribution in [0.5, 0.6) is 5.75 Å². The van der Waals surface area contributed by atoms with Crippen LogP contribution in [0.3, 0.4) is 0 Å². The summed E-state index contributed by atoms with van der Waals surface area (Å²) in [7, 11) is 0. The third kappa shape index (κ3) is 3.92. The van der Waals surface area contributed by atoms with Crippen molar-refractivity contribution in [3.63, 3.8) is 0 Å². The van der Waals surface area contributed by atoms with Gasteiger partial charge in [0.25, 0.3) is 0 Å². The topological polar surface area (TPSA) is 49.8 Å². The standard InChI is InChI=1S/C14H18FNO3/c15-13-10-11(4-5-12(13)14(17)18)19-9-8-16-6-2-1-3-7-16/h4-5,10H,1-3,6-9H2,(H,17,18). The minimum absolute atomic E-state index is 0.330. The van der Waals surface area contributed by atoms with E-state index >= 15 is 0 Å². The Morgan fingerprint density at radius 2 is 2.05 bits per heavy atom. The highest BCUT2D eigenvalue weighted by molar-refractivity contribution is 5.88. The maximum atomic E-state index is 13.4. The quantitative estimate of drug-likeness (QED) is 0.890. The Kier molecular flexibility index (Phi) is 4.74. The molecule has 1 N–H and O–H groups in total. The lowest BCUT2D eigenvalue weighted by Gasteiger charge is -2.26. The van der Waals surface area contributed by atoms with Crippen molar-refractivity contribution in [1.82, 2.24) is 4.90 Å². The molecular weight excluding hydrogens is 249 g/mol. The molecule has 104 valence electrons. The average molecular weight is 267 g/mol. The number of nitrogens with zero attached hydrogens (tertiary/aromatic N) is 1. The van der Waals surface area contributed by atoms with Crippen molar-refractivity contribution >= 4 is 5.97 Å². The van der Waals surface area contributed by atoms with Crippen molar-refractivity contribution in [2.45, 2.75) is 19.3 Å². The van der Waals surface area contributed by atoms with E-state index in [9.17, 15) is 9.18 Å². The van der Waals surface area contributed by atoms with Gasteiger partial charge in [0.2, 0.25) is 0 Å². The lowest BCUT2D eigenvalue weighted by Crippen LogP contribution is -2.33. The first-order valence-corrected chi connectivity index (χ1v) is 6.55. The van der Waals surface area contributed by atoms with Crippen LogP contribution in [0.2, 0.25) is 0 Å². The van der Waals surface area contributed by atoms with Crippen molar-refractivity contribution in [1.29, 1.82) is 0 Å². The van der Waals surface area contributed by atoms with Gasteiger partial charge in [-0.05, 0) is 38.1 Å². The molecule has 0 spiro atoms. The van der Waals surface area contributed by atoms with Crippen molar-refractivity contribution in [2.75, 3.05) is 26.2 Å². The molecule has 0 amide bonds. The van der Waals surface area contributed by atoms with Crippen molar-refractivity contribution in [3.8, 4) is 5.75 Å². The number of carboxylic acids is 1. The molecule has 1 aromatic rings. The highest BCUT2D eigenvalue weighted by Gasteiger charge is 2.12. The summed E-state index contributed by atoms with van der Waals surface area (Å²) in [6.07, 6.45) is 3.74. The summed E-state index contributed by atoms with van der Waals surface area (Å²) in [5.74, 6) is -1.65. The number of hydrogen-bond acceptors (Lipinski definition) is 3. The summed E-state index contributed by atoms with van der Waals surface area (Å²) >= 11 is 0. The molecule has 0 aliphatic carbocycles. The lowest BCUT2D eigenvalue weighted by atomic mass is 10.1. The minimum atomic E-state index is -1.27. The molecule has 1 aliphatic heterocycles. The molecule has 0 atom stereocenters. The number of ether oxygens (including phenoxy) is 1. The van der Waals surface area contributed by atoms with Gasteiger partial charge in [-0.1, -0.05) is 6.42 Å². The molecule has 0 bridgehead atoms. The Hall–Kier alpha value is -1.62. The van der Waals surface area contributed by atoms with E-state index in [-0.39, 0.29) is 5.56 Å². The average Bonchev–Trinajstić information content (AvgIpc) is 2.39. The molecule has 19 heavy (non-hydrogen) atoms. The number of halogens is 1. The van der Waals surface area contributed by atoms with E-state index in [2.05, 4.69) is 4.90 Å². The molecule has 4 nitrogen and oxygen atoms in total. The van der Waals surface area contributed by atoms with Crippen molar-refractivity contribution < 1.29 is 19.0 Å². The monoisotopic (exact) mass is 267 g/mol. The molecular formula is C14H18FNO3. The summed E-state index contributed by atoms with van der Waals surface area (Å²) in [6, 6.07) is 3.84. The van der Waals surface area contributed by atoms with Gasteiger partial charge in [0, 0.05) is 12.6 Å². The largest absolute Gasteiger partial charge is 0.492 e. The van der Waals surface area contributed by atoms with Crippen LogP contribution in [0.4, 0.5) is 4.39 Å².